The highest BCUT2D eigenvalue weighted by atomic mass is 32.2. The quantitative estimate of drug-likeness (QED) is 0.596. The number of carboxylic acid groups (broad SMARTS) is 1. The minimum absolute atomic E-state index is 0.0772. The summed E-state index contributed by atoms with van der Waals surface area (Å²) in [5, 5.41) is 8.68. The van der Waals surface area contributed by atoms with E-state index in [0.717, 1.165) is 18.7 Å². The van der Waals surface area contributed by atoms with Crippen LogP contribution in [0, 0.1) is 0 Å². The number of rotatable bonds is 8. The number of aromatic nitrogens is 1. The summed E-state index contributed by atoms with van der Waals surface area (Å²) < 4.78 is 30.7. The number of nitrogens with one attached hydrogen (secondary N) is 2. The monoisotopic (exact) mass is 276 g/mol. The summed E-state index contributed by atoms with van der Waals surface area (Å²) in [6.07, 6.45) is 2.57. The molecule has 0 unspecified atom stereocenters. The molecular weight excluding hydrogens is 260 g/mol. The Morgan fingerprint density at radius 2 is 2.22 bits per heavy atom. The zero-order valence-electron chi connectivity index (χ0n) is 9.97. The number of sulfonamides is 1. The molecule has 0 aliphatic carbocycles. The molecule has 3 N–H and O–H groups in total. The number of hydrogen-bond donors (Lipinski definition) is 3. The second-order valence-electron chi connectivity index (χ2n) is 3.65. The van der Waals surface area contributed by atoms with Crippen LogP contribution < -0.4 is 4.72 Å². The van der Waals surface area contributed by atoms with Gasteiger partial charge in [0, 0.05) is 26.5 Å². The van der Waals surface area contributed by atoms with E-state index in [1.165, 1.54) is 0 Å². The van der Waals surface area contributed by atoms with Gasteiger partial charge in [-0.25, -0.2) is 17.9 Å². The molecule has 1 aromatic heterocycles. The van der Waals surface area contributed by atoms with Gasteiger partial charge in [-0.2, -0.15) is 0 Å². The number of unbranched alkanes of at least 4 members (excludes halogenated alkanes) is 1. The van der Waals surface area contributed by atoms with Crippen LogP contribution in [0.5, 0.6) is 0 Å². The molecule has 18 heavy (non-hydrogen) atoms. The summed E-state index contributed by atoms with van der Waals surface area (Å²) in [7, 11) is -2.06. The van der Waals surface area contributed by atoms with Crippen molar-refractivity contribution < 1.29 is 23.1 Å². The van der Waals surface area contributed by atoms with Gasteiger partial charge in [0.2, 0.25) is 10.0 Å². The third-order valence-corrected chi connectivity index (χ3v) is 3.71. The number of carboxylic acids is 1. The van der Waals surface area contributed by atoms with Gasteiger partial charge in [0.1, 0.15) is 10.6 Å². The number of carbonyl (C=O) groups is 1. The zero-order chi connectivity index (χ0) is 13.6. The van der Waals surface area contributed by atoms with Crippen LogP contribution in [0.1, 0.15) is 23.3 Å². The Morgan fingerprint density at radius 1 is 1.50 bits per heavy atom. The Balaban J connectivity index is 2.54. The fraction of sp³-hybridized carbons (Fsp3) is 0.500. The van der Waals surface area contributed by atoms with Crippen molar-refractivity contribution in [2.24, 2.45) is 0 Å². The molecule has 0 amide bonds. The van der Waals surface area contributed by atoms with E-state index >= 15 is 0 Å². The van der Waals surface area contributed by atoms with Gasteiger partial charge in [-0.05, 0) is 18.9 Å². The maximum Gasteiger partial charge on any atom is 0.352 e. The van der Waals surface area contributed by atoms with Crippen molar-refractivity contribution in [1.29, 1.82) is 0 Å². The van der Waals surface area contributed by atoms with Crippen molar-refractivity contribution in [1.82, 2.24) is 9.71 Å². The fourth-order valence-corrected chi connectivity index (χ4v) is 2.38. The Morgan fingerprint density at radius 3 is 2.78 bits per heavy atom. The molecule has 1 heterocycles. The lowest BCUT2D eigenvalue weighted by Crippen LogP contribution is -2.24. The zero-order valence-corrected chi connectivity index (χ0v) is 10.8. The van der Waals surface area contributed by atoms with Crippen LogP contribution in [0.4, 0.5) is 0 Å². The SMILES string of the molecule is COCCCCNS(=O)(=O)c1c[nH]c(C(=O)O)c1. The molecule has 8 heteroatoms. The molecular formula is C10H16N2O5S. The Bertz CT molecular complexity index is 494. The van der Waals surface area contributed by atoms with Crippen molar-refractivity contribution in [3.05, 3.63) is 18.0 Å². The number of aromatic amines is 1. The summed E-state index contributed by atoms with van der Waals surface area (Å²) in [6, 6.07) is 1.08. The molecule has 0 saturated heterocycles. The summed E-state index contributed by atoms with van der Waals surface area (Å²) in [5.41, 5.74) is -0.158. The van der Waals surface area contributed by atoms with Crippen LogP contribution in [0.25, 0.3) is 0 Å². The molecule has 0 aromatic carbocycles. The molecule has 0 radical (unpaired) electrons. The number of hydrogen-bond acceptors (Lipinski definition) is 4. The average molecular weight is 276 g/mol. The van der Waals surface area contributed by atoms with Gasteiger partial charge in [-0.1, -0.05) is 0 Å². The lowest BCUT2D eigenvalue weighted by molar-refractivity contribution is 0.0691. The summed E-state index contributed by atoms with van der Waals surface area (Å²) >= 11 is 0. The number of H-pyrrole nitrogens is 1. The van der Waals surface area contributed by atoms with E-state index in [1.807, 2.05) is 0 Å². The third kappa shape index (κ3) is 4.13. The molecule has 0 aliphatic rings. The first-order chi connectivity index (χ1) is 8.47. The lowest BCUT2D eigenvalue weighted by Gasteiger charge is -2.04. The van der Waals surface area contributed by atoms with Gasteiger partial charge in [0.25, 0.3) is 0 Å². The molecule has 0 fully saturated rings. The molecule has 102 valence electrons. The predicted molar refractivity (Wildman–Crippen MR) is 64.1 cm³/mol. The normalized spacial score (nSPS) is 11.6. The van der Waals surface area contributed by atoms with Gasteiger partial charge in [-0.3, -0.25) is 0 Å². The molecule has 0 saturated carbocycles. The summed E-state index contributed by atoms with van der Waals surface area (Å²) in [6.45, 7) is 0.869. The largest absolute Gasteiger partial charge is 0.477 e. The van der Waals surface area contributed by atoms with Crippen molar-refractivity contribution in [3.63, 3.8) is 0 Å². The molecule has 0 atom stereocenters. The molecule has 1 aromatic rings. The number of methoxy groups -OCH3 is 1. The van der Waals surface area contributed by atoms with E-state index < -0.39 is 16.0 Å². The van der Waals surface area contributed by atoms with Crippen molar-refractivity contribution in [2.45, 2.75) is 17.7 Å². The first kappa shape index (κ1) is 14.7. The van der Waals surface area contributed by atoms with Crippen molar-refractivity contribution >= 4 is 16.0 Å². The minimum atomic E-state index is -3.65. The first-order valence-electron chi connectivity index (χ1n) is 5.37. The van der Waals surface area contributed by atoms with Crippen LogP contribution >= 0.6 is 0 Å². The van der Waals surface area contributed by atoms with Crippen LogP contribution in [0.2, 0.25) is 0 Å². The minimum Gasteiger partial charge on any atom is -0.477 e. The second kappa shape index (κ2) is 6.53. The van der Waals surface area contributed by atoms with Gasteiger partial charge >= 0.3 is 5.97 Å². The van der Waals surface area contributed by atoms with Gasteiger partial charge in [0.05, 0.1) is 0 Å². The maximum absolute atomic E-state index is 11.7. The van der Waals surface area contributed by atoms with Crippen molar-refractivity contribution in [2.75, 3.05) is 20.3 Å². The standard InChI is InChI=1S/C10H16N2O5S/c1-17-5-3-2-4-12-18(15,16)8-6-9(10(13)14)11-7-8/h6-7,11-12H,2-5H2,1H3,(H,13,14). The topological polar surface area (TPSA) is 108 Å². The average Bonchev–Trinajstić information content (AvgIpc) is 2.78. The Kier molecular flexibility index (Phi) is 5.32. The number of ether oxygens (including phenoxy) is 1. The van der Waals surface area contributed by atoms with E-state index in [0.29, 0.717) is 19.6 Å². The molecule has 0 aliphatic heterocycles. The molecule has 1 rings (SSSR count). The van der Waals surface area contributed by atoms with E-state index in [9.17, 15) is 13.2 Å². The number of aromatic carboxylic acids is 1. The van der Waals surface area contributed by atoms with Crippen LogP contribution in [0.3, 0.4) is 0 Å². The van der Waals surface area contributed by atoms with Crippen LogP contribution in [-0.2, 0) is 14.8 Å². The summed E-state index contributed by atoms with van der Waals surface area (Å²) in [4.78, 5) is 12.9. The smallest absolute Gasteiger partial charge is 0.352 e. The van der Waals surface area contributed by atoms with E-state index in [4.69, 9.17) is 9.84 Å². The summed E-state index contributed by atoms with van der Waals surface area (Å²) in [5.74, 6) is -1.20. The highest BCUT2D eigenvalue weighted by Crippen LogP contribution is 2.10. The van der Waals surface area contributed by atoms with Crippen molar-refractivity contribution in [3.8, 4) is 0 Å². The lowest BCUT2D eigenvalue weighted by atomic mass is 10.3. The predicted octanol–water partition coefficient (Wildman–Crippen LogP) is 0.418. The highest BCUT2D eigenvalue weighted by molar-refractivity contribution is 7.89. The van der Waals surface area contributed by atoms with Gasteiger partial charge in [-0.15, -0.1) is 0 Å². The van der Waals surface area contributed by atoms with Crippen LogP contribution in [-0.4, -0.2) is 44.7 Å². The highest BCUT2D eigenvalue weighted by Gasteiger charge is 2.17. The molecule has 0 spiro atoms. The molecule has 7 nitrogen and oxygen atoms in total. The van der Waals surface area contributed by atoms with Crippen LogP contribution in [0.15, 0.2) is 17.2 Å². The van der Waals surface area contributed by atoms with E-state index in [1.54, 1.807) is 7.11 Å². The fourth-order valence-electron chi connectivity index (χ4n) is 1.31. The van der Waals surface area contributed by atoms with E-state index in [-0.39, 0.29) is 10.6 Å². The third-order valence-electron chi connectivity index (χ3n) is 2.26. The molecule has 0 bridgehead atoms. The second-order valence-corrected chi connectivity index (χ2v) is 5.42. The van der Waals surface area contributed by atoms with Gasteiger partial charge in [0.15, 0.2) is 0 Å². The first-order valence-corrected chi connectivity index (χ1v) is 6.86. The van der Waals surface area contributed by atoms with E-state index in [2.05, 4.69) is 9.71 Å². The Labute approximate surface area is 105 Å². The van der Waals surface area contributed by atoms with Gasteiger partial charge < -0.3 is 14.8 Å². The maximum atomic E-state index is 11.7. The Hall–Kier alpha value is -1.38.